The number of benzene rings is 2. The Morgan fingerprint density at radius 2 is 1.69 bits per heavy atom. The average molecular weight is 414 g/mol. The molecule has 150 valence electrons. The highest BCUT2D eigenvalue weighted by Crippen LogP contribution is 2.32. The van der Waals surface area contributed by atoms with Gasteiger partial charge in [-0.1, -0.05) is 24.3 Å². The number of nitrogens with one attached hydrogen (secondary N) is 1. The third-order valence-corrected chi connectivity index (χ3v) is 5.71. The van der Waals surface area contributed by atoms with Crippen LogP contribution in [0, 0.1) is 17.7 Å². The quantitative estimate of drug-likeness (QED) is 0.708. The number of rotatable bonds is 3. The molecule has 3 heterocycles. The van der Waals surface area contributed by atoms with Gasteiger partial charge in [0.15, 0.2) is 5.76 Å². The fraction of sp³-hybridized carbons (Fsp3) is 0.273. The molecule has 7 heteroatoms. The Hall–Kier alpha value is -2.70. The first-order valence-corrected chi connectivity index (χ1v) is 9.51. The molecule has 0 saturated carbocycles. The fourth-order valence-corrected chi connectivity index (χ4v) is 4.23. The van der Waals surface area contributed by atoms with Crippen LogP contribution >= 0.6 is 12.4 Å². The summed E-state index contributed by atoms with van der Waals surface area (Å²) in [5.74, 6) is 1.36. The molecule has 2 saturated heterocycles. The van der Waals surface area contributed by atoms with Gasteiger partial charge in [0.2, 0.25) is 5.89 Å². The van der Waals surface area contributed by atoms with Crippen LogP contribution in [0.5, 0.6) is 0 Å². The van der Waals surface area contributed by atoms with Crippen molar-refractivity contribution in [3.8, 4) is 22.8 Å². The molecule has 1 amide bonds. The summed E-state index contributed by atoms with van der Waals surface area (Å²) in [7, 11) is 0. The van der Waals surface area contributed by atoms with E-state index in [1.54, 1.807) is 24.3 Å². The van der Waals surface area contributed by atoms with E-state index in [-0.39, 0.29) is 24.1 Å². The molecular formula is C22H21ClFN3O2. The highest BCUT2D eigenvalue weighted by atomic mass is 35.5. The molecular weight excluding hydrogens is 393 g/mol. The van der Waals surface area contributed by atoms with Crippen LogP contribution in [0.1, 0.15) is 10.4 Å². The Labute approximate surface area is 174 Å². The van der Waals surface area contributed by atoms with E-state index in [4.69, 9.17) is 4.42 Å². The second-order valence-corrected chi connectivity index (χ2v) is 7.44. The number of amides is 1. The lowest BCUT2D eigenvalue weighted by molar-refractivity contribution is 0.0782. The van der Waals surface area contributed by atoms with Gasteiger partial charge in [0.1, 0.15) is 5.82 Å². The minimum Gasteiger partial charge on any atom is -0.436 e. The third kappa shape index (κ3) is 3.54. The van der Waals surface area contributed by atoms with Crippen LogP contribution in [-0.2, 0) is 0 Å². The van der Waals surface area contributed by atoms with E-state index in [2.05, 4.69) is 10.3 Å². The summed E-state index contributed by atoms with van der Waals surface area (Å²) >= 11 is 0. The smallest absolute Gasteiger partial charge is 0.254 e. The van der Waals surface area contributed by atoms with Crippen LogP contribution in [-0.4, -0.2) is 42.0 Å². The van der Waals surface area contributed by atoms with Crippen molar-refractivity contribution < 1.29 is 13.6 Å². The number of hydrogen-bond acceptors (Lipinski definition) is 4. The predicted molar refractivity (Wildman–Crippen MR) is 110 cm³/mol. The van der Waals surface area contributed by atoms with Gasteiger partial charge in [0, 0.05) is 31.7 Å². The second-order valence-electron chi connectivity index (χ2n) is 7.44. The van der Waals surface area contributed by atoms with Crippen LogP contribution in [0.4, 0.5) is 4.39 Å². The van der Waals surface area contributed by atoms with Crippen molar-refractivity contribution in [1.29, 1.82) is 0 Å². The van der Waals surface area contributed by atoms with E-state index < -0.39 is 0 Å². The van der Waals surface area contributed by atoms with Crippen molar-refractivity contribution in [2.45, 2.75) is 0 Å². The molecule has 29 heavy (non-hydrogen) atoms. The van der Waals surface area contributed by atoms with Crippen molar-refractivity contribution in [3.05, 3.63) is 66.1 Å². The molecule has 2 aliphatic rings. The summed E-state index contributed by atoms with van der Waals surface area (Å²) in [6, 6.07) is 13.7. The summed E-state index contributed by atoms with van der Waals surface area (Å²) in [5, 5.41) is 3.39. The van der Waals surface area contributed by atoms with Gasteiger partial charge in [-0.2, -0.15) is 0 Å². The number of carbonyl (C=O) groups is 1. The van der Waals surface area contributed by atoms with Crippen LogP contribution in [0.25, 0.3) is 22.8 Å². The van der Waals surface area contributed by atoms with Gasteiger partial charge in [0.25, 0.3) is 5.91 Å². The minimum atomic E-state index is -0.369. The number of aromatic nitrogens is 1. The molecule has 0 radical (unpaired) electrons. The average Bonchev–Trinajstić information content (AvgIpc) is 3.44. The van der Waals surface area contributed by atoms with E-state index in [0.29, 0.717) is 40.2 Å². The monoisotopic (exact) mass is 413 g/mol. The normalized spacial score (nSPS) is 20.4. The molecule has 3 aromatic rings. The number of halogens is 2. The van der Waals surface area contributed by atoms with E-state index in [1.165, 1.54) is 12.3 Å². The molecule has 2 fully saturated rings. The Morgan fingerprint density at radius 3 is 2.41 bits per heavy atom. The summed E-state index contributed by atoms with van der Waals surface area (Å²) in [6.45, 7) is 3.50. The molecule has 0 spiro atoms. The Balaban J connectivity index is 0.00000205. The first-order valence-electron chi connectivity index (χ1n) is 9.51. The van der Waals surface area contributed by atoms with Gasteiger partial charge < -0.3 is 14.6 Å². The number of likely N-dealkylation sites (tertiary alicyclic amines) is 1. The Morgan fingerprint density at radius 1 is 1.03 bits per heavy atom. The first-order chi connectivity index (χ1) is 13.7. The molecule has 5 nitrogen and oxygen atoms in total. The third-order valence-electron chi connectivity index (χ3n) is 5.71. The fourth-order valence-electron chi connectivity index (χ4n) is 4.23. The van der Waals surface area contributed by atoms with Gasteiger partial charge >= 0.3 is 0 Å². The van der Waals surface area contributed by atoms with Crippen molar-refractivity contribution in [2.24, 2.45) is 11.8 Å². The summed E-state index contributed by atoms with van der Waals surface area (Å²) in [6.07, 6.45) is 1.50. The Kier molecular flexibility index (Phi) is 5.39. The molecule has 2 aromatic carbocycles. The largest absolute Gasteiger partial charge is 0.436 e. The van der Waals surface area contributed by atoms with Gasteiger partial charge in [-0.05, 0) is 36.1 Å². The van der Waals surface area contributed by atoms with Crippen LogP contribution in [0.15, 0.2) is 59.1 Å². The molecule has 0 aliphatic carbocycles. The summed E-state index contributed by atoms with van der Waals surface area (Å²) < 4.78 is 19.9. The number of nitrogens with zero attached hydrogens (tertiary/aromatic N) is 2. The maximum absolute atomic E-state index is 14.1. The zero-order chi connectivity index (χ0) is 19.1. The molecule has 0 bridgehead atoms. The number of carbonyl (C=O) groups excluding carboxylic acids is 1. The molecule has 1 aromatic heterocycles. The lowest BCUT2D eigenvalue weighted by Gasteiger charge is -2.18. The maximum atomic E-state index is 14.1. The molecule has 0 unspecified atom stereocenters. The van der Waals surface area contributed by atoms with Gasteiger partial charge in [0.05, 0.1) is 17.3 Å². The van der Waals surface area contributed by atoms with E-state index in [0.717, 1.165) is 26.2 Å². The van der Waals surface area contributed by atoms with Crippen molar-refractivity contribution in [1.82, 2.24) is 15.2 Å². The standard InChI is InChI=1S/C22H20FN3O2.ClH/c23-19-8-4-3-7-18(19)20-11-25-21(28-20)16-5-1-2-6-17(16)22(27)26-12-14-9-24-10-15(14)13-26;/h1-8,11,14-15,24H,9-10,12-13H2;1H/t14-,15+;. The van der Waals surface area contributed by atoms with Gasteiger partial charge in [-0.25, -0.2) is 9.37 Å². The lowest BCUT2D eigenvalue weighted by Crippen LogP contribution is -2.32. The molecule has 2 aliphatic heterocycles. The predicted octanol–water partition coefficient (Wildman–Crippen LogP) is 3.86. The molecule has 5 rings (SSSR count). The van der Waals surface area contributed by atoms with E-state index in [1.807, 2.05) is 23.1 Å². The number of hydrogen-bond donors (Lipinski definition) is 1. The first kappa shape index (κ1) is 19.6. The Bertz CT molecular complexity index is 1030. The summed E-state index contributed by atoms with van der Waals surface area (Å²) in [5.41, 5.74) is 1.55. The van der Waals surface area contributed by atoms with Crippen molar-refractivity contribution in [2.75, 3.05) is 26.2 Å². The second kappa shape index (κ2) is 7.97. The van der Waals surface area contributed by atoms with Gasteiger partial charge in [-0.15, -0.1) is 12.4 Å². The lowest BCUT2D eigenvalue weighted by atomic mass is 10.0. The zero-order valence-corrected chi connectivity index (χ0v) is 16.5. The van der Waals surface area contributed by atoms with Crippen LogP contribution in [0.3, 0.4) is 0 Å². The number of fused-ring (bicyclic) bond motifs is 1. The molecule has 1 N–H and O–H groups in total. The molecule has 2 atom stereocenters. The highest BCUT2D eigenvalue weighted by molar-refractivity contribution is 6.00. The SMILES string of the molecule is Cl.O=C(c1ccccc1-c1ncc(-c2ccccc2F)o1)N1C[C@H]2CNC[C@H]2C1. The number of oxazole rings is 1. The minimum absolute atomic E-state index is 0. The zero-order valence-electron chi connectivity index (χ0n) is 15.7. The highest BCUT2D eigenvalue weighted by Gasteiger charge is 2.38. The van der Waals surface area contributed by atoms with Crippen molar-refractivity contribution >= 4 is 18.3 Å². The van der Waals surface area contributed by atoms with Crippen molar-refractivity contribution in [3.63, 3.8) is 0 Å². The van der Waals surface area contributed by atoms with Crippen LogP contribution in [0.2, 0.25) is 0 Å². The van der Waals surface area contributed by atoms with Crippen LogP contribution < -0.4 is 5.32 Å². The van der Waals surface area contributed by atoms with E-state index >= 15 is 0 Å². The topological polar surface area (TPSA) is 58.4 Å². The summed E-state index contributed by atoms with van der Waals surface area (Å²) in [4.78, 5) is 19.4. The van der Waals surface area contributed by atoms with E-state index in [9.17, 15) is 9.18 Å². The van der Waals surface area contributed by atoms with Gasteiger partial charge in [-0.3, -0.25) is 4.79 Å². The maximum Gasteiger partial charge on any atom is 0.254 e.